The van der Waals surface area contributed by atoms with Gasteiger partial charge >= 0.3 is 0 Å². The van der Waals surface area contributed by atoms with Gasteiger partial charge in [-0.1, -0.05) is 35.0 Å². The lowest BCUT2D eigenvalue weighted by Gasteiger charge is -2.11. The van der Waals surface area contributed by atoms with Crippen LogP contribution in [0.3, 0.4) is 0 Å². The van der Waals surface area contributed by atoms with Gasteiger partial charge in [0.2, 0.25) is 0 Å². The van der Waals surface area contributed by atoms with Crippen molar-refractivity contribution in [3.05, 3.63) is 70.4 Å². The van der Waals surface area contributed by atoms with E-state index in [4.69, 9.17) is 16.1 Å². The zero-order valence-electron chi connectivity index (χ0n) is 15.1. The largest absolute Gasteiger partial charge is 0.360 e. The van der Waals surface area contributed by atoms with Gasteiger partial charge in [0.15, 0.2) is 0 Å². The fraction of sp³-hybridized carbons (Fsp3) is 0.150. The van der Waals surface area contributed by atoms with Crippen LogP contribution in [0.4, 0.5) is 5.69 Å². The Morgan fingerprint density at radius 1 is 1.07 bits per heavy atom. The highest BCUT2D eigenvalue weighted by molar-refractivity contribution is 6.33. The van der Waals surface area contributed by atoms with Crippen molar-refractivity contribution in [2.45, 2.75) is 6.92 Å². The number of anilines is 1. The van der Waals surface area contributed by atoms with Crippen LogP contribution in [0, 0.1) is 6.92 Å². The molecule has 1 N–H and O–H groups in total. The van der Waals surface area contributed by atoms with Crippen LogP contribution < -0.4 is 5.32 Å². The smallest absolute Gasteiger partial charge is 0.261 e. The van der Waals surface area contributed by atoms with E-state index in [-0.39, 0.29) is 11.8 Å². The van der Waals surface area contributed by atoms with Crippen LogP contribution in [0.25, 0.3) is 11.3 Å². The molecule has 7 heteroatoms. The minimum Gasteiger partial charge on any atom is -0.360 e. The first-order valence-corrected chi connectivity index (χ1v) is 8.60. The van der Waals surface area contributed by atoms with E-state index < -0.39 is 0 Å². The van der Waals surface area contributed by atoms with Crippen LogP contribution in [0.5, 0.6) is 0 Å². The van der Waals surface area contributed by atoms with E-state index in [1.165, 1.54) is 4.90 Å². The van der Waals surface area contributed by atoms with E-state index in [1.54, 1.807) is 63.5 Å². The normalized spacial score (nSPS) is 10.5. The van der Waals surface area contributed by atoms with Crippen molar-refractivity contribution in [3.8, 4) is 11.3 Å². The number of hydrogen-bond acceptors (Lipinski definition) is 4. The Labute approximate surface area is 161 Å². The quantitative estimate of drug-likeness (QED) is 0.730. The van der Waals surface area contributed by atoms with Gasteiger partial charge in [0.1, 0.15) is 17.0 Å². The SMILES string of the molecule is Cc1onc(-c2ccccc2Cl)c1C(=O)Nc1ccc(C(=O)N(C)C)cc1. The summed E-state index contributed by atoms with van der Waals surface area (Å²) in [4.78, 5) is 26.2. The van der Waals surface area contributed by atoms with Gasteiger partial charge in [-0.15, -0.1) is 0 Å². The molecule has 0 bridgehead atoms. The number of aromatic nitrogens is 1. The molecule has 0 saturated heterocycles. The number of carbonyl (C=O) groups is 2. The summed E-state index contributed by atoms with van der Waals surface area (Å²) in [5, 5.41) is 7.28. The maximum atomic E-state index is 12.8. The zero-order chi connectivity index (χ0) is 19.6. The number of nitrogens with one attached hydrogen (secondary N) is 1. The molecule has 0 atom stereocenters. The molecular formula is C20H18ClN3O3. The average Bonchev–Trinajstić information content (AvgIpc) is 3.03. The van der Waals surface area contributed by atoms with Crippen molar-refractivity contribution in [2.75, 3.05) is 19.4 Å². The molecule has 1 aromatic heterocycles. The van der Waals surface area contributed by atoms with Gasteiger partial charge in [0.05, 0.1) is 5.02 Å². The zero-order valence-corrected chi connectivity index (χ0v) is 15.9. The highest BCUT2D eigenvalue weighted by atomic mass is 35.5. The van der Waals surface area contributed by atoms with E-state index in [2.05, 4.69) is 10.5 Å². The number of nitrogens with zero attached hydrogens (tertiary/aromatic N) is 2. The highest BCUT2D eigenvalue weighted by Crippen LogP contribution is 2.31. The van der Waals surface area contributed by atoms with Crippen LogP contribution in [-0.4, -0.2) is 36.0 Å². The Morgan fingerprint density at radius 2 is 1.74 bits per heavy atom. The Morgan fingerprint density at radius 3 is 2.37 bits per heavy atom. The lowest BCUT2D eigenvalue weighted by atomic mass is 10.1. The second kappa shape index (κ2) is 7.63. The predicted octanol–water partition coefficient (Wildman–Crippen LogP) is 4.26. The average molecular weight is 384 g/mol. The number of hydrogen-bond donors (Lipinski definition) is 1. The fourth-order valence-electron chi connectivity index (χ4n) is 2.62. The Balaban J connectivity index is 1.87. The van der Waals surface area contributed by atoms with Crippen molar-refractivity contribution in [3.63, 3.8) is 0 Å². The summed E-state index contributed by atoms with van der Waals surface area (Å²) >= 11 is 6.23. The number of halogens is 1. The van der Waals surface area contributed by atoms with Crippen molar-refractivity contribution in [2.24, 2.45) is 0 Å². The first kappa shape index (κ1) is 18.7. The number of aryl methyl sites for hydroxylation is 1. The minimum absolute atomic E-state index is 0.108. The topological polar surface area (TPSA) is 75.4 Å². The van der Waals surface area contributed by atoms with Crippen molar-refractivity contribution in [1.82, 2.24) is 10.1 Å². The summed E-state index contributed by atoms with van der Waals surface area (Å²) in [6, 6.07) is 13.8. The van der Waals surface area contributed by atoms with E-state index in [0.717, 1.165) is 0 Å². The first-order chi connectivity index (χ1) is 12.9. The molecule has 0 aliphatic heterocycles. The highest BCUT2D eigenvalue weighted by Gasteiger charge is 2.23. The molecule has 3 rings (SSSR count). The molecule has 1 heterocycles. The van der Waals surface area contributed by atoms with Gasteiger partial charge in [-0.25, -0.2) is 0 Å². The van der Waals surface area contributed by atoms with E-state index in [0.29, 0.717) is 38.9 Å². The van der Waals surface area contributed by atoms with E-state index in [9.17, 15) is 9.59 Å². The molecular weight excluding hydrogens is 366 g/mol. The first-order valence-electron chi connectivity index (χ1n) is 8.22. The summed E-state index contributed by atoms with van der Waals surface area (Å²) in [5.41, 5.74) is 2.41. The van der Waals surface area contributed by atoms with Gasteiger partial charge in [0.25, 0.3) is 11.8 Å². The molecule has 0 saturated carbocycles. The molecule has 0 radical (unpaired) electrons. The van der Waals surface area contributed by atoms with Crippen LogP contribution >= 0.6 is 11.6 Å². The summed E-state index contributed by atoms with van der Waals surface area (Å²) < 4.78 is 5.22. The Bertz CT molecular complexity index is 994. The third-order valence-electron chi connectivity index (χ3n) is 4.01. The molecule has 2 amide bonds. The molecule has 0 aliphatic carbocycles. The third-order valence-corrected chi connectivity index (χ3v) is 4.34. The summed E-state index contributed by atoms with van der Waals surface area (Å²) in [5.74, 6) is -0.0825. The molecule has 2 aromatic carbocycles. The lowest BCUT2D eigenvalue weighted by Crippen LogP contribution is -2.21. The number of rotatable bonds is 4. The van der Waals surface area contributed by atoms with Crippen LogP contribution in [-0.2, 0) is 0 Å². The molecule has 0 fully saturated rings. The summed E-state index contributed by atoms with van der Waals surface area (Å²) in [6.45, 7) is 1.67. The summed E-state index contributed by atoms with van der Waals surface area (Å²) in [7, 11) is 3.37. The van der Waals surface area contributed by atoms with Gasteiger partial charge < -0.3 is 14.7 Å². The fourth-order valence-corrected chi connectivity index (χ4v) is 2.85. The van der Waals surface area contributed by atoms with Crippen molar-refractivity contribution >= 4 is 29.1 Å². The monoisotopic (exact) mass is 383 g/mol. The minimum atomic E-state index is -0.365. The standard InChI is InChI=1S/C20H18ClN3O3/c1-12-17(18(23-27-12)15-6-4-5-7-16(15)21)19(25)22-14-10-8-13(9-11-14)20(26)24(2)3/h4-11H,1-3H3,(H,22,25). The van der Waals surface area contributed by atoms with Gasteiger partial charge in [0, 0.05) is 30.9 Å². The van der Waals surface area contributed by atoms with Gasteiger partial charge in [-0.2, -0.15) is 0 Å². The molecule has 27 heavy (non-hydrogen) atoms. The molecule has 138 valence electrons. The maximum Gasteiger partial charge on any atom is 0.261 e. The van der Waals surface area contributed by atoms with Crippen LogP contribution in [0.2, 0.25) is 5.02 Å². The maximum absolute atomic E-state index is 12.8. The predicted molar refractivity (Wildman–Crippen MR) is 104 cm³/mol. The Kier molecular flexibility index (Phi) is 5.28. The van der Waals surface area contributed by atoms with Crippen molar-refractivity contribution in [1.29, 1.82) is 0 Å². The molecule has 0 aliphatic rings. The number of benzene rings is 2. The number of amides is 2. The molecule has 6 nitrogen and oxygen atoms in total. The number of carbonyl (C=O) groups excluding carboxylic acids is 2. The summed E-state index contributed by atoms with van der Waals surface area (Å²) in [6.07, 6.45) is 0. The van der Waals surface area contributed by atoms with Crippen LogP contribution in [0.1, 0.15) is 26.5 Å². The lowest BCUT2D eigenvalue weighted by molar-refractivity contribution is 0.0827. The molecule has 0 spiro atoms. The Hall–Kier alpha value is -3.12. The second-order valence-electron chi connectivity index (χ2n) is 6.17. The second-order valence-corrected chi connectivity index (χ2v) is 6.58. The molecule has 0 unspecified atom stereocenters. The van der Waals surface area contributed by atoms with E-state index >= 15 is 0 Å². The molecule has 3 aromatic rings. The van der Waals surface area contributed by atoms with Gasteiger partial charge in [-0.05, 0) is 37.3 Å². The third kappa shape index (κ3) is 3.85. The van der Waals surface area contributed by atoms with Crippen LogP contribution in [0.15, 0.2) is 53.1 Å². The van der Waals surface area contributed by atoms with Crippen molar-refractivity contribution < 1.29 is 14.1 Å². The van der Waals surface area contributed by atoms with E-state index in [1.807, 2.05) is 6.07 Å². The van der Waals surface area contributed by atoms with Gasteiger partial charge in [-0.3, -0.25) is 9.59 Å².